The van der Waals surface area contributed by atoms with Gasteiger partial charge in [-0.2, -0.15) is 0 Å². The van der Waals surface area contributed by atoms with Crippen molar-refractivity contribution in [2.75, 3.05) is 5.32 Å². The number of aryl methyl sites for hydroxylation is 1. The van der Waals surface area contributed by atoms with Crippen molar-refractivity contribution in [2.45, 2.75) is 13.5 Å². The van der Waals surface area contributed by atoms with E-state index in [-0.39, 0.29) is 5.82 Å². The summed E-state index contributed by atoms with van der Waals surface area (Å²) in [6, 6.07) is 10.4. The second kappa shape index (κ2) is 5.72. The molecular weight excluding hydrogens is 317 g/mol. The van der Waals surface area contributed by atoms with Crippen LogP contribution in [0.15, 0.2) is 40.9 Å². The minimum Gasteiger partial charge on any atom is -0.380 e. The van der Waals surface area contributed by atoms with Crippen LogP contribution in [0.2, 0.25) is 5.02 Å². The van der Waals surface area contributed by atoms with Crippen LogP contribution in [0.1, 0.15) is 11.1 Å². The minimum atomic E-state index is -0.205. The van der Waals surface area contributed by atoms with Crippen LogP contribution in [0.3, 0.4) is 0 Å². The van der Waals surface area contributed by atoms with E-state index in [1.165, 1.54) is 12.1 Å². The molecule has 4 heteroatoms. The maximum Gasteiger partial charge on any atom is 0.123 e. The monoisotopic (exact) mass is 327 g/mol. The second-order valence-electron chi connectivity index (χ2n) is 4.05. The number of rotatable bonds is 3. The molecule has 18 heavy (non-hydrogen) atoms. The van der Waals surface area contributed by atoms with Gasteiger partial charge >= 0.3 is 0 Å². The standard InChI is InChI=1S/C14H12BrClFN/c1-9-6-12(17)4-2-10(9)8-18-14-5-3-11(16)7-13(14)15/h2-7,18H,8H2,1H3. The van der Waals surface area contributed by atoms with E-state index in [2.05, 4.69) is 21.2 Å². The quantitative estimate of drug-likeness (QED) is 0.820. The molecule has 0 aliphatic carbocycles. The maximum atomic E-state index is 13.0. The normalized spacial score (nSPS) is 10.4. The zero-order chi connectivity index (χ0) is 13.1. The van der Waals surface area contributed by atoms with E-state index in [1.807, 2.05) is 25.1 Å². The molecular formula is C14H12BrClFN. The molecule has 0 aliphatic heterocycles. The number of benzene rings is 2. The number of hydrogen-bond donors (Lipinski definition) is 1. The van der Waals surface area contributed by atoms with Crippen LogP contribution in [0.4, 0.5) is 10.1 Å². The van der Waals surface area contributed by atoms with Crippen LogP contribution in [0, 0.1) is 12.7 Å². The Morgan fingerprint density at radius 1 is 1.22 bits per heavy atom. The summed E-state index contributed by atoms with van der Waals surface area (Å²) < 4.78 is 13.9. The van der Waals surface area contributed by atoms with Crippen LogP contribution in [-0.2, 0) is 6.54 Å². The fourth-order valence-electron chi connectivity index (χ4n) is 1.68. The van der Waals surface area contributed by atoms with Crippen molar-refractivity contribution < 1.29 is 4.39 Å². The van der Waals surface area contributed by atoms with Crippen molar-refractivity contribution in [1.82, 2.24) is 0 Å². The van der Waals surface area contributed by atoms with Crippen LogP contribution >= 0.6 is 27.5 Å². The molecule has 0 spiro atoms. The van der Waals surface area contributed by atoms with Gasteiger partial charge < -0.3 is 5.32 Å². The highest BCUT2D eigenvalue weighted by Crippen LogP contribution is 2.26. The summed E-state index contributed by atoms with van der Waals surface area (Å²) in [5.74, 6) is -0.205. The summed E-state index contributed by atoms with van der Waals surface area (Å²) in [6.45, 7) is 2.54. The smallest absolute Gasteiger partial charge is 0.123 e. The van der Waals surface area contributed by atoms with Gasteiger partial charge in [-0.1, -0.05) is 17.7 Å². The highest BCUT2D eigenvalue weighted by Gasteiger charge is 2.03. The molecule has 0 atom stereocenters. The summed E-state index contributed by atoms with van der Waals surface area (Å²) in [5.41, 5.74) is 2.97. The summed E-state index contributed by atoms with van der Waals surface area (Å²) >= 11 is 9.32. The van der Waals surface area contributed by atoms with Crippen molar-refractivity contribution in [3.05, 3.63) is 62.8 Å². The lowest BCUT2D eigenvalue weighted by Gasteiger charge is -2.11. The number of halogens is 3. The molecule has 0 amide bonds. The molecule has 0 aliphatic rings. The molecule has 2 aromatic rings. The van der Waals surface area contributed by atoms with Crippen LogP contribution in [-0.4, -0.2) is 0 Å². The van der Waals surface area contributed by atoms with Gasteiger partial charge in [0.2, 0.25) is 0 Å². The molecule has 0 radical (unpaired) electrons. The molecule has 0 aromatic heterocycles. The van der Waals surface area contributed by atoms with Crippen LogP contribution in [0.5, 0.6) is 0 Å². The number of hydrogen-bond acceptors (Lipinski definition) is 1. The Morgan fingerprint density at radius 2 is 2.00 bits per heavy atom. The fourth-order valence-corrected chi connectivity index (χ4v) is 2.50. The Hall–Kier alpha value is -1.06. The van der Waals surface area contributed by atoms with Gasteiger partial charge in [-0.25, -0.2) is 4.39 Å². The largest absolute Gasteiger partial charge is 0.380 e. The van der Waals surface area contributed by atoms with Crippen molar-refractivity contribution >= 4 is 33.2 Å². The molecule has 2 aromatic carbocycles. The van der Waals surface area contributed by atoms with E-state index >= 15 is 0 Å². The van der Waals surface area contributed by atoms with E-state index in [0.717, 1.165) is 21.3 Å². The molecule has 94 valence electrons. The lowest BCUT2D eigenvalue weighted by Crippen LogP contribution is -2.02. The zero-order valence-electron chi connectivity index (χ0n) is 9.81. The van der Waals surface area contributed by atoms with Gasteiger partial charge in [-0.05, 0) is 64.3 Å². The van der Waals surface area contributed by atoms with Gasteiger partial charge in [0, 0.05) is 21.7 Å². The predicted octanol–water partition coefficient (Wildman–Crippen LogP) is 5.16. The average molecular weight is 329 g/mol. The topological polar surface area (TPSA) is 12.0 Å². The lowest BCUT2D eigenvalue weighted by atomic mass is 10.1. The molecule has 0 saturated heterocycles. The van der Waals surface area contributed by atoms with Crippen LogP contribution in [0.25, 0.3) is 0 Å². The summed E-state index contributed by atoms with van der Waals surface area (Å²) in [5, 5.41) is 3.97. The Balaban J connectivity index is 2.11. The van der Waals surface area contributed by atoms with Gasteiger partial charge in [0.25, 0.3) is 0 Å². The third-order valence-electron chi connectivity index (χ3n) is 2.71. The van der Waals surface area contributed by atoms with E-state index in [9.17, 15) is 4.39 Å². The third kappa shape index (κ3) is 3.24. The SMILES string of the molecule is Cc1cc(F)ccc1CNc1ccc(Cl)cc1Br. The molecule has 0 bridgehead atoms. The molecule has 0 unspecified atom stereocenters. The van der Waals surface area contributed by atoms with Crippen molar-refractivity contribution in [3.8, 4) is 0 Å². The number of nitrogens with one attached hydrogen (secondary N) is 1. The van der Waals surface area contributed by atoms with Gasteiger partial charge in [0.05, 0.1) is 0 Å². The molecule has 1 nitrogen and oxygen atoms in total. The first-order valence-electron chi connectivity index (χ1n) is 5.50. The Bertz CT molecular complexity index is 520. The van der Waals surface area contributed by atoms with E-state index in [4.69, 9.17) is 11.6 Å². The maximum absolute atomic E-state index is 13.0. The summed E-state index contributed by atoms with van der Waals surface area (Å²) in [6.07, 6.45) is 0. The van der Waals surface area contributed by atoms with Crippen molar-refractivity contribution in [2.24, 2.45) is 0 Å². The molecule has 0 fully saturated rings. The summed E-state index contributed by atoms with van der Waals surface area (Å²) in [7, 11) is 0. The predicted molar refractivity (Wildman–Crippen MR) is 77.6 cm³/mol. The molecule has 2 rings (SSSR count). The average Bonchev–Trinajstić information content (AvgIpc) is 2.30. The van der Waals surface area contributed by atoms with Gasteiger partial charge in [0.15, 0.2) is 0 Å². The molecule has 0 saturated carbocycles. The first kappa shape index (κ1) is 13.4. The fraction of sp³-hybridized carbons (Fsp3) is 0.143. The third-order valence-corrected chi connectivity index (χ3v) is 3.60. The summed E-state index contributed by atoms with van der Waals surface area (Å²) in [4.78, 5) is 0. The van der Waals surface area contributed by atoms with E-state index < -0.39 is 0 Å². The molecule has 1 N–H and O–H groups in total. The Labute approximate surface area is 119 Å². The zero-order valence-corrected chi connectivity index (χ0v) is 12.1. The van der Waals surface area contributed by atoms with E-state index in [0.29, 0.717) is 11.6 Å². The first-order chi connectivity index (χ1) is 8.56. The van der Waals surface area contributed by atoms with Gasteiger partial charge in [-0.15, -0.1) is 0 Å². The first-order valence-corrected chi connectivity index (χ1v) is 6.67. The van der Waals surface area contributed by atoms with Crippen molar-refractivity contribution in [3.63, 3.8) is 0 Å². The van der Waals surface area contributed by atoms with Gasteiger partial charge in [-0.3, -0.25) is 0 Å². The molecule has 0 heterocycles. The van der Waals surface area contributed by atoms with Crippen molar-refractivity contribution in [1.29, 1.82) is 0 Å². The highest BCUT2D eigenvalue weighted by molar-refractivity contribution is 9.10. The Kier molecular flexibility index (Phi) is 4.25. The van der Waals surface area contributed by atoms with E-state index in [1.54, 1.807) is 6.07 Å². The second-order valence-corrected chi connectivity index (χ2v) is 5.34. The number of anilines is 1. The van der Waals surface area contributed by atoms with Gasteiger partial charge in [0.1, 0.15) is 5.82 Å². The minimum absolute atomic E-state index is 0.205. The Morgan fingerprint density at radius 3 is 2.67 bits per heavy atom. The highest BCUT2D eigenvalue weighted by atomic mass is 79.9. The lowest BCUT2D eigenvalue weighted by molar-refractivity contribution is 0.625. The van der Waals surface area contributed by atoms with Crippen LogP contribution < -0.4 is 5.32 Å².